The summed E-state index contributed by atoms with van der Waals surface area (Å²) < 4.78 is 13.0. The molecule has 0 saturated carbocycles. The fraction of sp³-hybridized carbons (Fsp3) is 0.188. The van der Waals surface area contributed by atoms with Gasteiger partial charge in [-0.2, -0.15) is 0 Å². The molecule has 0 aliphatic rings. The summed E-state index contributed by atoms with van der Waals surface area (Å²) in [5, 5.41) is 12.2. The van der Waals surface area contributed by atoms with Crippen LogP contribution in [0, 0.1) is 12.7 Å². The van der Waals surface area contributed by atoms with Gasteiger partial charge in [0, 0.05) is 17.9 Å². The molecule has 0 bridgehead atoms. The number of halogens is 1. The minimum atomic E-state index is -1.05. The molecule has 0 aromatic heterocycles. The van der Waals surface area contributed by atoms with Crippen molar-refractivity contribution >= 4 is 17.3 Å². The number of aromatic carboxylic acids is 1. The maximum atomic E-state index is 13.0. The quantitative estimate of drug-likeness (QED) is 0.739. The number of carbonyl (C=O) groups is 1. The SMILES string of the molecule is Cc1cc(F)ccc1CCNc1ccc(N)c(C(=O)O)c1. The summed E-state index contributed by atoms with van der Waals surface area (Å²) >= 11 is 0. The van der Waals surface area contributed by atoms with E-state index in [-0.39, 0.29) is 17.1 Å². The minimum Gasteiger partial charge on any atom is -0.478 e. The van der Waals surface area contributed by atoms with Gasteiger partial charge in [-0.15, -0.1) is 0 Å². The summed E-state index contributed by atoms with van der Waals surface area (Å²) in [6.45, 7) is 2.49. The van der Waals surface area contributed by atoms with E-state index >= 15 is 0 Å². The summed E-state index contributed by atoms with van der Waals surface area (Å²) in [5.74, 6) is -1.29. The van der Waals surface area contributed by atoms with E-state index in [4.69, 9.17) is 10.8 Å². The van der Waals surface area contributed by atoms with Crippen molar-refractivity contribution in [3.8, 4) is 0 Å². The molecule has 0 unspecified atom stereocenters. The fourth-order valence-electron chi connectivity index (χ4n) is 2.13. The predicted molar refractivity (Wildman–Crippen MR) is 81.1 cm³/mol. The van der Waals surface area contributed by atoms with Crippen LogP contribution in [0.2, 0.25) is 0 Å². The summed E-state index contributed by atoms with van der Waals surface area (Å²) in [5.41, 5.74) is 8.57. The number of carboxylic acid groups (broad SMARTS) is 1. The van der Waals surface area contributed by atoms with E-state index in [0.29, 0.717) is 12.2 Å². The number of nitrogens with one attached hydrogen (secondary N) is 1. The van der Waals surface area contributed by atoms with Crippen molar-refractivity contribution in [2.45, 2.75) is 13.3 Å². The topological polar surface area (TPSA) is 75.3 Å². The number of benzene rings is 2. The number of aryl methyl sites for hydroxylation is 1. The second-order valence-corrected chi connectivity index (χ2v) is 4.85. The van der Waals surface area contributed by atoms with Crippen molar-refractivity contribution in [1.29, 1.82) is 0 Å². The van der Waals surface area contributed by atoms with Crippen LogP contribution in [0.4, 0.5) is 15.8 Å². The molecule has 0 atom stereocenters. The van der Waals surface area contributed by atoms with Crippen molar-refractivity contribution in [1.82, 2.24) is 0 Å². The van der Waals surface area contributed by atoms with Crippen molar-refractivity contribution in [3.05, 3.63) is 58.9 Å². The van der Waals surface area contributed by atoms with E-state index in [1.165, 1.54) is 18.2 Å². The third kappa shape index (κ3) is 3.72. The monoisotopic (exact) mass is 288 g/mol. The molecule has 0 aliphatic heterocycles. The molecule has 110 valence electrons. The molecule has 0 radical (unpaired) electrons. The van der Waals surface area contributed by atoms with E-state index in [2.05, 4.69) is 5.32 Å². The van der Waals surface area contributed by atoms with Crippen molar-refractivity contribution in [2.24, 2.45) is 0 Å². The largest absolute Gasteiger partial charge is 0.478 e. The molecular formula is C16H17FN2O2. The van der Waals surface area contributed by atoms with Crippen LogP contribution < -0.4 is 11.1 Å². The Labute approximate surface area is 122 Å². The fourth-order valence-corrected chi connectivity index (χ4v) is 2.13. The van der Waals surface area contributed by atoms with Gasteiger partial charge in [0.1, 0.15) is 5.82 Å². The minimum absolute atomic E-state index is 0.0814. The van der Waals surface area contributed by atoms with Gasteiger partial charge < -0.3 is 16.2 Å². The van der Waals surface area contributed by atoms with Crippen LogP contribution in [0.3, 0.4) is 0 Å². The van der Waals surface area contributed by atoms with E-state index in [0.717, 1.165) is 17.5 Å². The molecule has 5 heteroatoms. The lowest BCUT2D eigenvalue weighted by molar-refractivity contribution is 0.0698. The molecule has 4 nitrogen and oxygen atoms in total. The molecule has 2 rings (SSSR count). The maximum absolute atomic E-state index is 13.0. The van der Waals surface area contributed by atoms with Gasteiger partial charge in [-0.05, 0) is 54.8 Å². The summed E-state index contributed by atoms with van der Waals surface area (Å²) in [4.78, 5) is 11.0. The van der Waals surface area contributed by atoms with Gasteiger partial charge in [0.15, 0.2) is 0 Å². The predicted octanol–water partition coefficient (Wildman–Crippen LogP) is 3.07. The summed E-state index contributed by atoms with van der Waals surface area (Å²) in [6.07, 6.45) is 0.721. The number of rotatable bonds is 5. The molecule has 0 saturated heterocycles. The Morgan fingerprint density at radius 1 is 1.29 bits per heavy atom. The highest BCUT2D eigenvalue weighted by Crippen LogP contribution is 2.18. The summed E-state index contributed by atoms with van der Waals surface area (Å²) in [7, 11) is 0. The Balaban J connectivity index is 2.00. The first-order chi connectivity index (χ1) is 9.97. The lowest BCUT2D eigenvalue weighted by Gasteiger charge is -2.10. The molecule has 2 aromatic carbocycles. The second-order valence-electron chi connectivity index (χ2n) is 4.85. The van der Waals surface area contributed by atoms with E-state index in [9.17, 15) is 9.18 Å². The van der Waals surface area contributed by atoms with Gasteiger partial charge in [-0.1, -0.05) is 6.07 Å². The van der Waals surface area contributed by atoms with Crippen LogP contribution in [-0.2, 0) is 6.42 Å². The van der Waals surface area contributed by atoms with E-state index in [1.54, 1.807) is 18.2 Å². The number of carboxylic acids is 1. The van der Waals surface area contributed by atoms with Gasteiger partial charge in [0.2, 0.25) is 0 Å². The molecule has 0 fully saturated rings. The normalized spacial score (nSPS) is 10.4. The molecular weight excluding hydrogens is 271 g/mol. The van der Waals surface area contributed by atoms with Gasteiger partial charge in [-0.3, -0.25) is 0 Å². The smallest absolute Gasteiger partial charge is 0.337 e. The van der Waals surface area contributed by atoms with Crippen LogP contribution in [-0.4, -0.2) is 17.6 Å². The average molecular weight is 288 g/mol. The van der Waals surface area contributed by atoms with Crippen LogP contribution in [0.1, 0.15) is 21.5 Å². The van der Waals surface area contributed by atoms with Crippen molar-refractivity contribution in [3.63, 3.8) is 0 Å². The van der Waals surface area contributed by atoms with Gasteiger partial charge in [0.25, 0.3) is 0 Å². The highest BCUT2D eigenvalue weighted by molar-refractivity contribution is 5.94. The maximum Gasteiger partial charge on any atom is 0.337 e. The van der Waals surface area contributed by atoms with E-state index < -0.39 is 5.97 Å². The van der Waals surface area contributed by atoms with Crippen LogP contribution in [0.15, 0.2) is 36.4 Å². The Bertz CT molecular complexity index is 671. The molecule has 2 aromatic rings. The second kappa shape index (κ2) is 6.26. The van der Waals surface area contributed by atoms with Crippen molar-refractivity contribution < 1.29 is 14.3 Å². The molecule has 21 heavy (non-hydrogen) atoms. The first-order valence-electron chi connectivity index (χ1n) is 6.59. The van der Waals surface area contributed by atoms with Gasteiger partial charge >= 0.3 is 5.97 Å². The molecule has 0 amide bonds. The van der Waals surface area contributed by atoms with Crippen LogP contribution >= 0.6 is 0 Å². The number of nitrogen functional groups attached to an aromatic ring is 1. The molecule has 0 spiro atoms. The zero-order valence-electron chi connectivity index (χ0n) is 11.7. The lowest BCUT2D eigenvalue weighted by Crippen LogP contribution is -2.08. The first-order valence-corrected chi connectivity index (χ1v) is 6.59. The molecule has 0 heterocycles. The Morgan fingerprint density at radius 2 is 2.05 bits per heavy atom. The van der Waals surface area contributed by atoms with Gasteiger partial charge in [-0.25, -0.2) is 9.18 Å². The zero-order chi connectivity index (χ0) is 15.4. The first kappa shape index (κ1) is 14.8. The third-order valence-corrected chi connectivity index (χ3v) is 3.31. The number of anilines is 2. The zero-order valence-corrected chi connectivity index (χ0v) is 11.7. The third-order valence-electron chi connectivity index (χ3n) is 3.31. The Morgan fingerprint density at radius 3 is 2.71 bits per heavy atom. The number of hydrogen-bond donors (Lipinski definition) is 3. The number of hydrogen-bond acceptors (Lipinski definition) is 3. The highest BCUT2D eigenvalue weighted by atomic mass is 19.1. The highest BCUT2D eigenvalue weighted by Gasteiger charge is 2.08. The Hall–Kier alpha value is -2.56. The van der Waals surface area contributed by atoms with Gasteiger partial charge in [0.05, 0.1) is 5.56 Å². The molecule has 4 N–H and O–H groups in total. The standard InChI is InChI=1S/C16H17FN2O2/c1-10-8-12(17)3-2-11(10)6-7-19-13-4-5-15(18)14(9-13)16(20)21/h2-5,8-9,19H,6-7,18H2,1H3,(H,20,21). The summed E-state index contributed by atoms with van der Waals surface area (Å²) in [6, 6.07) is 9.51. The average Bonchev–Trinajstić information content (AvgIpc) is 2.42. The lowest BCUT2D eigenvalue weighted by atomic mass is 10.1. The van der Waals surface area contributed by atoms with Crippen molar-refractivity contribution in [2.75, 3.05) is 17.6 Å². The Kier molecular flexibility index (Phi) is 4.42. The van der Waals surface area contributed by atoms with Crippen LogP contribution in [0.25, 0.3) is 0 Å². The number of nitrogens with two attached hydrogens (primary N) is 1. The molecule has 0 aliphatic carbocycles. The van der Waals surface area contributed by atoms with E-state index in [1.807, 2.05) is 6.92 Å². The van der Waals surface area contributed by atoms with Crippen LogP contribution in [0.5, 0.6) is 0 Å².